The molecule has 0 spiro atoms. The maximum absolute atomic E-state index is 13.8. The van der Waals surface area contributed by atoms with Crippen LogP contribution >= 0.6 is 0 Å². The molecule has 9 heteroatoms. The Labute approximate surface area is 303 Å². The molecule has 3 aliphatic heterocycles. The number of aromatic nitrogens is 1. The average Bonchev–Trinajstić information content (AvgIpc) is 3.05. The molecule has 2 N–H and O–H groups in total. The first-order valence-electron chi connectivity index (χ1n) is 18.8. The topological polar surface area (TPSA) is 89.4 Å². The number of nitrogens with zero attached hydrogens (tertiary/aromatic N) is 4. The second kappa shape index (κ2) is 14.9. The van der Waals surface area contributed by atoms with Crippen molar-refractivity contribution in [3.8, 4) is 11.1 Å². The smallest absolute Gasteiger partial charge is 0.337 e. The Bertz CT molecular complexity index is 1730. The van der Waals surface area contributed by atoms with E-state index in [0.717, 1.165) is 112 Å². The van der Waals surface area contributed by atoms with Gasteiger partial charge in [-0.2, -0.15) is 0 Å². The molecule has 1 atom stereocenters. The van der Waals surface area contributed by atoms with Gasteiger partial charge in [-0.1, -0.05) is 38.1 Å². The van der Waals surface area contributed by atoms with Gasteiger partial charge in [-0.3, -0.25) is 14.8 Å². The van der Waals surface area contributed by atoms with Gasteiger partial charge in [-0.15, -0.1) is 0 Å². The first-order valence-corrected chi connectivity index (χ1v) is 18.8. The fourth-order valence-corrected chi connectivity index (χ4v) is 8.01. The van der Waals surface area contributed by atoms with Gasteiger partial charge in [-0.25, -0.2) is 9.18 Å². The minimum absolute atomic E-state index is 0.203. The molecule has 2 saturated heterocycles. The maximum Gasteiger partial charge on any atom is 0.337 e. The van der Waals surface area contributed by atoms with E-state index in [9.17, 15) is 19.4 Å². The number of hydrogen-bond donors (Lipinski definition) is 2. The molecule has 276 valence electrons. The number of ether oxygens (including phenoxy) is 1. The number of likely N-dealkylation sites (tertiary alicyclic amines) is 1. The molecule has 2 aromatic carbocycles. The zero-order chi connectivity index (χ0) is 36.7. The van der Waals surface area contributed by atoms with Crippen LogP contribution in [0.3, 0.4) is 0 Å². The summed E-state index contributed by atoms with van der Waals surface area (Å²) in [5.41, 5.74) is 9.45. The summed E-state index contributed by atoms with van der Waals surface area (Å²) in [7, 11) is 0. The van der Waals surface area contributed by atoms with Crippen molar-refractivity contribution in [1.82, 2.24) is 14.8 Å². The van der Waals surface area contributed by atoms with Crippen molar-refractivity contribution in [3.63, 3.8) is 0 Å². The molecule has 0 aliphatic carbocycles. The number of pyridine rings is 1. The maximum atomic E-state index is 13.8. The van der Waals surface area contributed by atoms with Crippen LogP contribution in [-0.4, -0.2) is 75.4 Å². The lowest BCUT2D eigenvalue weighted by Crippen LogP contribution is -2.40. The molecular formula is C42H57FN4O4. The van der Waals surface area contributed by atoms with Crippen LogP contribution in [0.15, 0.2) is 36.4 Å². The van der Waals surface area contributed by atoms with E-state index in [1.54, 1.807) is 12.1 Å². The minimum Gasteiger partial charge on any atom is -0.479 e. The van der Waals surface area contributed by atoms with Crippen LogP contribution in [0, 0.1) is 25.1 Å². The van der Waals surface area contributed by atoms with Crippen molar-refractivity contribution in [2.45, 2.75) is 118 Å². The van der Waals surface area contributed by atoms with Crippen LogP contribution in [0.25, 0.3) is 11.1 Å². The standard InChI is InChI=1S/C42H57FN4O4/c1-27-22-33(43)11-10-31(27)24-46-17-12-29-23-30(8-9-32(29)25-46)37-35(26-45-18-13-34(48)14-19-45)44-28(2)36(39(40(49)50)51-41(3,4)5)38(37)47-20-15-42(6,7)16-21-47/h8-11,22-23,34,39,48H,12-21,24-26H2,1-7H3,(H,49,50)/t39-/m0/s1. The Morgan fingerprint density at radius 3 is 2.33 bits per heavy atom. The predicted octanol–water partition coefficient (Wildman–Crippen LogP) is 7.59. The van der Waals surface area contributed by atoms with Gasteiger partial charge in [0.2, 0.25) is 0 Å². The van der Waals surface area contributed by atoms with E-state index in [1.165, 1.54) is 11.1 Å². The highest BCUT2D eigenvalue weighted by Crippen LogP contribution is 2.46. The zero-order valence-electron chi connectivity index (χ0n) is 31.7. The third-order valence-corrected chi connectivity index (χ3v) is 11.1. The van der Waals surface area contributed by atoms with E-state index in [1.807, 2.05) is 40.7 Å². The highest BCUT2D eigenvalue weighted by atomic mass is 19.1. The van der Waals surface area contributed by atoms with E-state index in [0.29, 0.717) is 17.8 Å². The fourth-order valence-electron chi connectivity index (χ4n) is 8.01. The summed E-state index contributed by atoms with van der Waals surface area (Å²) in [5.74, 6) is -1.22. The lowest BCUT2D eigenvalue weighted by molar-refractivity contribution is -0.160. The number of aryl methyl sites for hydroxylation is 2. The first-order chi connectivity index (χ1) is 24.1. The molecule has 51 heavy (non-hydrogen) atoms. The number of carboxylic acids is 1. The number of fused-ring (bicyclic) bond motifs is 1. The largest absolute Gasteiger partial charge is 0.479 e. The third kappa shape index (κ3) is 8.82. The van der Waals surface area contributed by atoms with Gasteiger partial charge in [0.1, 0.15) is 5.82 Å². The Morgan fingerprint density at radius 2 is 1.69 bits per heavy atom. The Morgan fingerprint density at radius 1 is 0.980 bits per heavy atom. The number of halogens is 1. The van der Waals surface area contributed by atoms with E-state index in [-0.39, 0.29) is 17.3 Å². The molecule has 0 saturated carbocycles. The number of piperidine rings is 2. The number of anilines is 1. The second-order valence-corrected chi connectivity index (χ2v) is 16.9. The SMILES string of the molecule is Cc1cc(F)ccc1CN1CCc2cc(-c3c(CN4CCC(O)CC4)nc(C)c([C@H](OC(C)(C)C)C(=O)O)c3N3CCC(C)(C)CC3)ccc2C1. The van der Waals surface area contributed by atoms with E-state index in [4.69, 9.17) is 9.72 Å². The monoisotopic (exact) mass is 700 g/mol. The molecular weight excluding hydrogens is 643 g/mol. The number of carbonyl (C=O) groups is 1. The van der Waals surface area contributed by atoms with Crippen LogP contribution in [-0.2, 0) is 35.6 Å². The number of hydrogen-bond acceptors (Lipinski definition) is 7. The van der Waals surface area contributed by atoms with Crippen LogP contribution in [0.4, 0.5) is 10.1 Å². The Balaban J connectivity index is 1.46. The fraction of sp³-hybridized carbons (Fsp3) is 0.571. The van der Waals surface area contributed by atoms with Crippen molar-refractivity contribution in [2.75, 3.05) is 37.6 Å². The van der Waals surface area contributed by atoms with Crippen LogP contribution in [0.1, 0.15) is 106 Å². The highest BCUT2D eigenvalue weighted by Gasteiger charge is 2.37. The van der Waals surface area contributed by atoms with Crippen molar-refractivity contribution < 1.29 is 24.1 Å². The summed E-state index contributed by atoms with van der Waals surface area (Å²) in [6, 6.07) is 11.8. The molecule has 4 heterocycles. The van der Waals surface area contributed by atoms with Gasteiger partial charge in [-0.05, 0) is 112 Å². The lowest BCUT2D eigenvalue weighted by atomic mass is 9.81. The average molecular weight is 701 g/mol. The summed E-state index contributed by atoms with van der Waals surface area (Å²) in [6.07, 6.45) is 2.88. The van der Waals surface area contributed by atoms with Gasteiger partial charge >= 0.3 is 5.97 Å². The molecule has 0 radical (unpaired) electrons. The second-order valence-electron chi connectivity index (χ2n) is 16.9. The van der Waals surface area contributed by atoms with Gasteiger partial charge in [0.05, 0.1) is 23.1 Å². The van der Waals surface area contributed by atoms with Crippen molar-refractivity contribution in [1.29, 1.82) is 0 Å². The third-order valence-electron chi connectivity index (χ3n) is 11.1. The molecule has 6 rings (SSSR count). The van der Waals surface area contributed by atoms with Crippen molar-refractivity contribution in [2.24, 2.45) is 5.41 Å². The van der Waals surface area contributed by atoms with Crippen molar-refractivity contribution >= 4 is 11.7 Å². The highest BCUT2D eigenvalue weighted by molar-refractivity contribution is 5.88. The van der Waals surface area contributed by atoms with Crippen LogP contribution in [0.2, 0.25) is 0 Å². The van der Waals surface area contributed by atoms with Gasteiger partial charge in [0.15, 0.2) is 6.10 Å². The number of aliphatic hydroxyl groups excluding tert-OH is 1. The quantitative estimate of drug-likeness (QED) is 0.236. The molecule has 0 unspecified atom stereocenters. The van der Waals surface area contributed by atoms with Gasteiger partial charge in [0.25, 0.3) is 0 Å². The molecule has 8 nitrogen and oxygen atoms in total. The number of aliphatic hydroxyl groups is 1. The number of benzene rings is 2. The summed E-state index contributed by atoms with van der Waals surface area (Å²) in [6.45, 7) is 20.5. The first kappa shape index (κ1) is 37.4. The van der Waals surface area contributed by atoms with Gasteiger partial charge in [0, 0.05) is 69.2 Å². The number of aliphatic carboxylic acids is 1. The minimum atomic E-state index is -1.18. The van der Waals surface area contributed by atoms with Gasteiger partial charge < -0.3 is 19.8 Å². The van der Waals surface area contributed by atoms with Crippen LogP contribution in [0.5, 0.6) is 0 Å². The molecule has 2 fully saturated rings. The zero-order valence-corrected chi connectivity index (χ0v) is 31.7. The predicted molar refractivity (Wildman–Crippen MR) is 200 cm³/mol. The number of rotatable bonds is 9. The Hall–Kier alpha value is -3.37. The molecule has 0 bridgehead atoms. The molecule has 3 aromatic rings. The molecule has 1 aromatic heterocycles. The van der Waals surface area contributed by atoms with E-state index in [2.05, 4.69) is 46.7 Å². The summed E-state index contributed by atoms with van der Waals surface area (Å²) >= 11 is 0. The van der Waals surface area contributed by atoms with Crippen molar-refractivity contribution in [3.05, 3.63) is 81.4 Å². The summed E-state index contributed by atoms with van der Waals surface area (Å²) in [5, 5.41) is 21.0. The number of carboxylic acid groups (broad SMARTS) is 1. The van der Waals surface area contributed by atoms with E-state index >= 15 is 0 Å². The normalized spacial score (nSPS) is 19.6. The molecule has 3 aliphatic rings. The summed E-state index contributed by atoms with van der Waals surface area (Å²) in [4.78, 5) is 25.6. The molecule has 0 amide bonds. The Kier molecular flexibility index (Phi) is 10.9. The summed E-state index contributed by atoms with van der Waals surface area (Å²) < 4.78 is 20.2. The lowest BCUT2D eigenvalue weighted by Gasteiger charge is -2.41. The van der Waals surface area contributed by atoms with Crippen LogP contribution < -0.4 is 4.90 Å². The van der Waals surface area contributed by atoms with E-state index < -0.39 is 17.7 Å².